The zero-order valence-electron chi connectivity index (χ0n) is 7.92. The van der Waals surface area contributed by atoms with Crippen molar-refractivity contribution in [2.45, 2.75) is 11.8 Å². The van der Waals surface area contributed by atoms with Crippen LogP contribution in [0.5, 0.6) is 5.75 Å². The maximum Gasteiger partial charge on any atom is 0.169 e. The molecule has 0 aliphatic carbocycles. The van der Waals surface area contributed by atoms with E-state index in [4.69, 9.17) is 10.5 Å². The summed E-state index contributed by atoms with van der Waals surface area (Å²) in [5.74, 6) is 1.59. The Balaban J connectivity index is 2.52. The Morgan fingerprint density at radius 1 is 1.57 bits per heavy atom. The molecule has 0 bridgehead atoms. The summed E-state index contributed by atoms with van der Waals surface area (Å²) in [6, 6.07) is 3.45. The molecule has 2 nitrogen and oxygen atoms in total. The third-order valence-electron chi connectivity index (χ3n) is 2.41. The minimum absolute atomic E-state index is 0.0517. The topological polar surface area (TPSA) is 35.2 Å². The highest BCUT2D eigenvalue weighted by Gasteiger charge is 2.22. The van der Waals surface area contributed by atoms with Crippen LogP contribution >= 0.6 is 11.8 Å². The largest absolute Gasteiger partial charge is 0.494 e. The van der Waals surface area contributed by atoms with Crippen LogP contribution in [0.25, 0.3) is 0 Å². The Kier molecular flexibility index (Phi) is 2.65. The van der Waals surface area contributed by atoms with Crippen LogP contribution in [-0.4, -0.2) is 12.9 Å². The van der Waals surface area contributed by atoms with E-state index in [0.717, 1.165) is 11.3 Å². The summed E-state index contributed by atoms with van der Waals surface area (Å²) in [6.45, 7) is 0. The Morgan fingerprint density at radius 3 is 3.07 bits per heavy atom. The number of halogens is 1. The van der Waals surface area contributed by atoms with Gasteiger partial charge in [0.25, 0.3) is 0 Å². The first-order valence-electron chi connectivity index (χ1n) is 4.42. The van der Waals surface area contributed by atoms with Gasteiger partial charge in [-0.1, -0.05) is 6.07 Å². The maximum atomic E-state index is 13.7. The lowest BCUT2D eigenvalue weighted by Crippen LogP contribution is -2.19. The van der Waals surface area contributed by atoms with Gasteiger partial charge in [0.2, 0.25) is 0 Å². The molecule has 4 heteroatoms. The average Bonchev–Trinajstić information content (AvgIpc) is 2.20. The van der Waals surface area contributed by atoms with Gasteiger partial charge in [-0.15, -0.1) is 0 Å². The van der Waals surface area contributed by atoms with Crippen molar-refractivity contribution >= 4 is 11.8 Å². The van der Waals surface area contributed by atoms with E-state index in [0.29, 0.717) is 17.1 Å². The third kappa shape index (κ3) is 1.48. The van der Waals surface area contributed by atoms with E-state index in [1.165, 1.54) is 7.11 Å². The molecule has 1 aromatic rings. The number of hydrogen-bond donors (Lipinski definition) is 1. The predicted molar refractivity (Wildman–Crippen MR) is 56.0 cm³/mol. The summed E-state index contributed by atoms with van der Waals surface area (Å²) < 4.78 is 18.7. The van der Waals surface area contributed by atoms with Crippen molar-refractivity contribution in [3.8, 4) is 5.75 Å². The molecule has 1 aliphatic rings. The van der Waals surface area contributed by atoms with Crippen LogP contribution in [0.1, 0.15) is 17.2 Å². The van der Waals surface area contributed by atoms with Crippen LogP contribution in [-0.2, 0) is 5.75 Å². The molecular weight excluding hydrogens is 201 g/mol. The smallest absolute Gasteiger partial charge is 0.169 e. The quantitative estimate of drug-likeness (QED) is 0.775. The van der Waals surface area contributed by atoms with Gasteiger partial charge in [-0.05, 0) is 11.6 Å². The molecule has 0 unspecified atom stereocenters. The fourth-order valence-corrected chi connectivity index (χ4v) is 2.69. The van der Waals surface area contributed by atoms with Gasteiger partial charge in [0, 0.05) is 23.1 Å². The summed E-state index contributed by atoms with van der Waals surface area (Å²) in [7, 11) is 1.47. The Bertz CT molecular complexity index is 356. The first-order valence-corrected chi connectivity index (χ1v) is 5.58. The summed E-state index contributed by atoms with van der Waals surface area (Å²) in [6.07, 6.45) is 0. The molecule has 0 spiro atoms. The normalized spacial score (nSPS) is 20.4. The van der Waals surface area contributed by atoms with Gasteiger partial charge in [0.1, 0.15) is 0 Å². The zero-order valence-corrected chi connectivity index (χ0v) is 8.73. The number of ether oxygens (including phenoxy) is 1. The van der Waals surface area contributed by atoms with Crippen molar-refractivity contribution in [3.63, 3.8) is 0 Å². The molecule has 2 rings (SSSR count). The van der Waals surface area contributed by atoms with E-state index in [-0.39, 0.29) is 11.9 Å². The van der Waals surface area contributed by atoms with E-state index in [9.17, 15) is 4.39 Å². The predicted octanol–water partition coefficient (Wildman–Crippen LogP) is 2.08. The van der Waals surface area contributed by atoms with Crippen LogP contribution in [0.15, 0.2) is 12.1 Å². The lowest BCUT2D eigenvalue weighted by atomic mass is 10.0. The highest BCUT2D eigenvalue weighted by molar-refractivity contribution is 7.98. The molecule has 0 radical (unpaired) electrons. The number of hydrogen-bond acceptors (Lipinski definition) is 3. The molecule has 2 N–H and O–H groups in total. The minimum Gasteiger partial charge on any atom is -0.494 e. The van der Waals surface area contributed by atoms with Gasteiger partial charge in [-0.3, -0.25) is 0 Å². The third-order valence-corrected chi connectivity index (χ3v) is 3.49. The summed E-state index contributed by atoms with van der Waals surface area (Å²) in [5, 5.41) is 0. The summed E-state index contributed by atoms with van der Waals surface area (Å²) in [5.41, 5.74) is 7.50. The van der Waals surface area contributed by atoms with Gasteiger partial charge in [-0.2, -0.15) is 11.8 Å². The van der Waals surface area contributed by atoms with Gasteiger partial charge < -0.3 is 10.5 Å². The van der Waals surface area contributed by atoms with Crippen LogP contribution in [0.2, 0.25) is 0 Å². The Labute approximate surface area is 86.6 Å². The van der Waals surface area contributed by atoms with E-state index < -0.39 is 0 Å². The Hall–Kier alpha value is -0.740. The van der Waals surface area contributed by atoms with Gasteiger partial charge in [-0.25, -0.2) is 4.39 Å². The number of fused-ring (bicyclic) bond motifs is 1. The highest BCUT2D eigenvalue weighted by Crippen LogP contribution is 2.35. The van der Waals surface area contributed by atoms with Crippen LogP contribution in [0.3, 0.4) is 0 Å². The maximum absolute atomic E-state index is 13.7. The number of rotatable bonds is 1. The highest BCUT2D eigenvalue weighted by atomic mass is 32.2. The first-order chi connectivity index (χ1) is 6.74. The fraction of sp³-hybridized carbons (Fsp3) is 0.400. The van der Waals surface area contributed by atoms with E-state index in [1.54, 1.807) is 17.8 Å². The molecule has 0 amide bonds. The summed E-state index contributed by atoms with van der Waals surface area (Å²) >= 11 is 1.66. The average molecular weight is 213 g/mol. The minimum atomic E-state index is -0.257. The lowest BCUT2D eigenvalue weighted by Gasteiger charge is -2.22. The van der Waals surface area contributed by atoms with Gasteiger partial charge in [0.05, 0.1) is 7.11 Å². The molecule has 14 heavy (non-hydrogen) atoms. The molecule has 76 valence electrons. The molecule has 1 heterocycles. The number of nitrogens with two attached hydrogens (primary N) is 1. The molecule has 0 saturated heterocycles. The van der Waals surface area contributed by atoms with E-state index in [2.05, 4.69) is 0 Å². The summed E-state index contributed by atoms with van der Waals surface area (Å²) in [4.78, 5) is 0. The second kappa shape index (κ2) is 3.79. The molecule has 0 saturated carbocycles. The number of benzene rings is 1. The number of methoxy groups -OCH3 is 1. The molecule has 1 aliphatic heterocycles. The molecule has 0 fully saturated rings. The molecule has 0 aromatic heterocycles. The molecule has 1 aromatic carbocycles. The monoisotopic (exact) mass is 213 g/mol. The fourth-order valence-electron chi connectivity index (χ4n) is 1.64. The second-order valence-corrected chi connectivity index (χ2v) is 4.30. The van der Waals surface area contributed by atoms with Crippen LogP contribution < -0.4 is 10.5 Å². The lowest BCUT2D eigenvalue weighted by molar-refractivity contribution is 0.384. The van der Waals surface area contributed by atoms with Crippen molar-refractivity contribution in [2.24, 2.45) is 5.73 Å². The second-order valence-electron chi connectivity index (χ2n) is 3.27. The van der Waals surface area contributed by atoms with E-state index in [1.807, 2.05) is 6.07 Å². The van der Waals surface area contributed by atoms with Crippen molar-refractivity contribution < 1.29 is 9.13 Å². The zero-order chi connectivity index (χ0) is 10.1. The first kappa shape index (κ1) is 9.80. The van der Waals surface area contributed by atoms with Crippen LogP contribution in [0, 0.1) is 5.82 Å². The van der Waals surface area contributed by atoms with Crippen molar-refractivity contribution in [1.82, 2.24) is 0 Å². The van der Waals surface area contributed by atoms with E-state index >= 15 is 0 Å². The molecule has 1 atom stereocenters. The standard InChI is InChI=1S/C10H12FNOS/c1-13-9-3-2-6-7(10(9)11)4-14-5-8(6)12/h2-3,8H,4-5,12H2,1H3/t8-/m0/s1. The Morgan fingerprint density at radius 2 is 2.36 bits per heavy atom. The van der Waals surface area contributed by atoms with Crippen molar-refractivity contribution in [1.29, 1.82) is 0 Å². The van der Waals surface area contributed by atoms with Crippen molar-refractivity contribution in [2.75, 3.05) is 12.9 Å². The van der Waals surface area contributed by atoms with Crippen molar-refractivity contribution in [3.05, 3.63) is 29.1 Å². The number of thioether (sulfide) groups is 1. The van der Waals surface area contributed by atoms with Gasteiger partial charge in [0.15, 0.2) is 11.6 Å². The molecular formula is C10H12FNOS. The van der Waals surface area contributed by atoms with Gasteiger partial charge >= 0.3 is 0 Å². The SMILES string of the molecule is COc1ccc2c(c1F)CSC[C@@H]2N. The van der Waals surface area contributed by atoms with Crippen LogP contribution in [0.4, 0.5) is 4.39 Å².